The molecule has 1 aromatic rings. The first-order valence-corrected chi connectivity index (χ1v) is 7.30. The van der Waals surface area contributed by atoms with Crippen LogP contribution in [0.1, 0.15) is 0 Å². The van der Waals surface area contributed by atoms with Gasteiger partial charge in [-0.2, -0.15) is 0 Å². The van der Waals surface area contributed by atoms with Crippen molar-refractivity contribution in [1.29, 1.82) is 0 Å². The van der Waals surface area contributed by atoms with E-state index in [1.807, 2.05) is 4.90 Å². The average Bonchev–Trinajstić information content (AvgIpc) is 2.28. The molecule has 0 bridgehead atoms. The van der Waals surface area contributed by atoms with Crippen molar-refractivity contribution in [1.82, 2.24) is 0 Å². The van der Waals surface area contributed by atoms with Crippen LogP contribution < -0.4 is 10.4 Å². The van der Waals surface area contributed by atoms with Crippen molar-refractivity contribution in [3.8, 4) is 0 Å². The predicted octanol–water partition coefficient (Wildman–Crippen LogP) is -0.279. The van der Waals surface area contributed by atoms with Gasteiger partial charge in [0.15, 0.2) is 9.84 Å². The van der Waals surface area contributed by atoms with Gasteiger partial charge in [-0.05, 0) is 12.1 Å². The van der Waals surface area contributed by atoms with Gasteiger partial charge in [-0.1, -0.05) is 11.5 Å². The average molecular weight is 251 g/mol. The molecule has 6 heteroatoms. The minimum Gasteiger partial charge on any atom is -0.378 e. The molecule has 0 aliphatic carbocycles. The maximum absolute atomic E-state index is 11.7. The Morgan fingerprint density at radius 3 is 2.53 bits per heavy atom. The highest BCUT2D eigenvalue weighted by Crippen LogP contribution is 2.24. The second-order valence-corrected chi connectivity index (χ2v) is 6.08. The summed E-state index contributed by atoms with van der Waals surface area (Å²) < 4.78 is 28.7. The molecule has 0 N–H and O–H groups in total. The van der Waals surface area contributed by atoms with Crippen LogP contribution in [0.25, 0.3) is 0 Å². The Hall–Kier alpha value is -1.01. The second kappa shape index (κ2) is 4.70. The molecule has 0 amide bonds. The third-order valence-corrected chi connectivity index (χ3v) is 3.88. The molecule has 1 saturated heterocycles. The first-order valence-electron chi connectivity index (χ1n) is 5.41. The molecular formula is C11H14BNO3S. The molecule has 4 nitrogen and oxygen atoms in total. The van der Waals surface area contributed by atoms with Crippen LogP contribution in [0.4, 0.5) is 5.69 Å². The van der Waals surface area contributed by atoms with Gasteiger partial charge in [0, 0.05) is 19.3 Å². The maximum atomic E-state index is 11.7. The Morgan fingerprint density at radius 2 is 1.94 bits per heavy atom. The van der Waals surface area contributed by atoms with Gasteiger partial charge in [0.1, 0.15) is 7.85 Å². The zero-order chi connectivity index (χ0) is 12.5. The normalized spacial score (nSPS) is 17.1. The van der Waals surface area contributed by atoms with Gasteiger partial charge >= 0.3 is 0 Å². The van der Waals surface area contributed by atoms with Gasteiger partial charge in [0.05, 0.1) is 23.8 Å². The zero-order valence-electron chi connectivity index (χ0n) is 9.72. The molecule has 17 heavy (non-hydrogen) atoms. The third-order valence-electron chi connectivity index (χ3n) is 2.73. The fraction of sp³-hybridized carbons (Fsp3) is 0.455. The zero-order valence-corrected chi connectivity index (χ0v) is 10.5. The largest absolute Gasteiger partial charge is 0.378 e. The summed E-state index contributed by atoms with van der Waals surface area (Å²) in [6.45, 7) is 2.59. The molecule has 2 rings (SSSR count). The Morgan fingerprint density at radius 1 is 1.29 bits per heavy atom. The molecule has 2 radical (unpaired) electrons. The molecule has 1 aromatic carbocycles. The molecule has 0 unspecified atom stereocenters. The van der Waals surface area contributed by atoms with Crippen molar-refractivity contribution in [2.45, 2.75) is 4.90 Å². The summed E-state index contributed by atoms with van der Waals surface area (Å²) >= 11 is 0. The van der Waals surface area contributed by atoms with Crippen LogP contribution in [0, 0.1) is 0 Å². The number of morpholine rings is 1. The lowest BCUT2D eigenvalue weighted by molar-refractivity contribution is 0.122. The molecule has 90 valence electrons. The van der Waals surface area contributed by atoms with Crippen molar-refractivity contribution in [3.63, 3.8) is 0 Å². The van der Waals surface area contributed by atoms with E-state index in [9.17, 15) is 8.42 Å². The quantitative estimate of drug-likeness (QED) is 0.678. The molecule has 1 aliphatic heterocycles. The number of hydrogen-bond acceptors (Lipinski definition) is 4. The number of benzene rings is 1. The molecule has 0 atom stereocenters. The molecule has 0 saturated carbocycles. The Labute approximate surface area is 103 Å². The summed E-state index contributed by atoms with van der Waals surface area (Å²) in [5.41, 5.74) is 1.25. The lowest BCUT2D eigenvalue weighted by Gasteiger charge is -2.30. The molecule has 1 heterocycles. The van der Waals surface area contributed by atoms with E-state index in [0.717, 1.165) is 0 Å². The number of ether oxygens (including phenoxy) is 1. The molecule has 0 spiro atoms. The van der Waals surface area contributed by atoms with Gasteiger partial charge in [-0.3, -0.25) is 0 Å². The third kappa shape index (κ3) is 2.81. The van der Waals surface area contributed by atoms with Crippen LogP contribution in [0.3, 0.4) is 0 Å². The number of hydrogen-bond donors (Lipinski definition) is 0. The minimum atomic E-state index is -3.24. The van der Waals surface area contributed by atoms with Crippen LogP contribution in [0.5, 0.6) is 0 Å². The number of rotatable bonds is 2. The van der Waals surface area contributed by atoms with Crippen molar-refractivity contribution in [2.24, 2.45) is 0 Å². The van der Waals surface area contributed by atoms with Gasteiger partial charge in [-0.25, -0.2) is 8.42 Å². The number of sulfone groups is 1. The number of anilines is 1. The molecule has 1 aliphatic rings. The predicted molar refractivity (Wildman–Crippen MR) is 68.0 cm³/mol. The van der Waals surface area contributed by atoms with Gasteiger partial charge < -0.3 is 9.64 Å². The Kier molecular flexibility index (Phi) is 3.44. The van der Waals surface area contributed by atoms with Crippen molar-refractivity contribution >= 4 is 28.8 Å². The van der Waals surface area contributed by atoms with E-state index in [1.54, 1.807) is 18.2 Å². The summed E-state index contributed by atoms with van der Waals surface area (Å²) in [7, 11) is 2.49. The van der Waals surface area contributed by atoms with E-state index >= 15 is 0 Å². The highest BCUT2D eigenvalue weighted by Gasteiger charge is 2.19. The van der Waals surface area contributed by atoms with Crippen molar-refractivity contribution in [3.05, 3.63) is 18.2 Å². The van der Waals surface area contributed by atoms with E-state index in [-0.39, 0.29) is 0 Å². The van der Waals surface area contributed by atoms with E-state index < -0.39 is 9.84 Å². The summed E-state index contributed by atoms with van der Waals surface area (Å²) in [5, 5.41) is 0. The fourth-order valence-electron chi connectivity index (χ4n) is 1.90. The Balaban J connectivity index is 2.46. The van der Waals surface area contributed by atoms with Gasteiger partial charge in [0.25, 0.3) is 0 Å². The Bertz CT molecular complexity index is 509. The fourth-order valence-corrected chi connectivity index (χ4v) is 2.78. The van der Waals surface area contributed by atoms with Crippen LogP contribution in [0.2, 0.25) is 0 Å². The van der Waals surface area contributed by atoms with Crippen LogP contribution in [-0.4, -0.2) is 48.8 Å². The standard InChI is InChI=1S/C11H14BNO3S/c1-17(14,15)11-3-2-9(12)8-10(11)13-4-6-16-7-5-13/h2-3,8H,4-7H2,1H3. The summed E-state index contributed by atoms with van der Waals surface area (Å²) in [4.78, 5) is 2.32. The molecule has 0 aromatic heterocycles. The SMILES string of the molecule is [B]c1ccc(S(C)(=O)=O)c(N2CCOCC2)c1. The maximum Gasteiger partial charge on any atom is 0.177 e. The van der Waals surface area contributed by atoms with Gasteiger partial charge in [-0.15, -0.1) is 0 Å². The topological polar surface area (TPSA) is 46.6 Å². The van der Waals surface area contributed by atoms with Crippen LogP contribution >= 0.6 is 0 Å². The van der Waals surface area contributed by atoms with E-state index in [1.165, 1.54) is 6.26 Å². The minimum absolute atomic E-state index is 0.327. The van der Waals surface area contributed by atoms with E-state index in [2.05, 4.69) is 0 Å². The highest BCUT2D eigenvalue weighted by molar-refractivity contribution is 7.90. The molecular weight excluding hydrogens is 237 g/mol. The smallest absolute Gasteiger partial charge is 0.177 e. The summed E-state index contributed by atoms with van der Waals surface area (Å²) in [6, 6.07) is 4.89. The summed E-state index contributed by atoms with van der Waals surface area (Å²) in [6.07, 6.45) is 1.21. The van der Waals surface area contributed by atoms with Crippen molar-refractivity contribution < 1.29 is 13.2 Å². The van der Waals surface area contributed by atoms with E-state index in [4.69, 9.17) is 12.6 Å². The van der Waals surface area contributed by atoms with Crippen LogP contribution in [0.15, 0.2) is 23.1 Å². The lowest BCUT2D eigenvalue weighted by Crippen LogP contribution is -2.37. The number of nitrogens with zero attached hydrogens (tertiary/aromatic N) is 1. The van der Waals surface area contributed by atoms with Crippen LogP contribution in [-0.2, 0) is 14.6 Å². The lowest BCUT2D eigenvalue weighted by atomic mass is 9.95. The summed E-state index contributed by atoms with van der Waals surface area (Å²) in [5.74, 6) is 0. The van der Waals surface area contributed by atoms with E-state index in [0.29, 0.717) is 42.3 Å². The monoisotopic (exact) mass is 251 g/mol. The first-order chi connectivity index (χ1) is 7.98. The van der Waals surface area contributed by atoms with Gasteiger partial charge in [0.2, 0.25) is 0 Å². The molecule has 1 fully saturated rings. The van der Waals surface area contributed by atoms with Crippen molar-refractivity contribution in [2.75, 3.05) is 37.5 Å². The highest BCUT2D eigenvalue weighted by atomic mass is 32.2. The second-order valence-electron chi connectivity index (χ2n) is 4.10. The first kappa shape index (κ1) is 12.5.